The van der Waals surface area contributed by atoms with Gasteiger partial charge in [-0.2, -0.15) is 0 Å². The van der Waals surface area contributed by atoms with E-state index >= 15 is 0 Å². The van der Waals surface area contributed by atoms with Gasteiger partial charge in [0.25, 0.3) is 11.4 Å². The van der Waals surface area contributed by atoms with Crippen LogP contribution in [-0.4, -0.2) is 47.3 Å². The second-order valence-corrected chi connectivity index (χ2v) is 9.55. The predicted molar refractivity (Wildman–Crippen MR) is 168 cm³/mol. The first-order chi connectivity index (χ1) is 21.7. The van der Waals surface area contributed by atoms with E-state index in [0.29, 0.717) is 18.9 Å². The Morgan fingerprint density at radius 1 is 0.756 bits per heavy atom. The average Bonchev–Trinajstić information content (AvgIpc) is 3.64. The Morgan fingerprint density at radius 2 is 1.22 bits per heavy atom. The average molecular weight is 615 g/mol. The van der Waals surface area contributed by atoms with E-state index in [2.05, 4.69) is 9.97 Å². The van der Waals surface area contributed by atoms with E-state index in [1.807, 2.05) is 60.0 Å². The summed E-state index contributed by atoms with van der Waals surface area (Å²) in [5.41, 5.74) is 4.51. The molecule has 0 saturated heterocycles. The standard InChI is InChI=1S/C16H15N3O3.C14H10FN3O2.C2H6O/c1-2-22-16-8-7-13(19(20)21)9-12(16)10-18-11-17-14-5-3-4-6-15(14)18;15-12-6-5-11(18(19)20)7-10(12)8-17-9-16-13-3-1-2-4-14(13)17;1-2-3/h3-9,11H,2,10H2,1H3;1-7,9H,8H2;3H,2H2,1H3. The Balaban J connectivity index is 0.000000189. The van der Waals surface area contributed by atoms with Crippen molar-refractivity contribution in [2.75, 3.05) is 13.2 Å². The lowest BCUT2D eigenvalue weighted by Crippen LogP contribution is -2.03. The number of aromatic nitrogens is 4. The van der Waals surface area contributed by atoms with Crippen LogP contribution in [0, 0.1) is 26.0 Å². The van der Waals surface area contributed by atoms with E-state index in [0.717, 1.165) is 39.8 Å². The number of ether oxygens (including phenoxy) is 1. The maximum Gasteiger partial charge on any atom is 0.270 e. The fraction of sp³-hybridized carbons (Fsp3) is 0.188. The molecule has 45 heavy (non-hydrogen) atoms. The van der Waals surface area contributed by atoms with Crippen molar-refractivity contribution in [1.82, 2.24) is 19.1 Å². The van der Waals surface area contributed by atoms with Gasteiger partial charge in [-0.25, -0.2) is 14.4 Å². The zero-order valence-corrected chi connectivity index (χ0v) is 24.6. The largest absolute Gasteiger partial charge is 0.494 e. The molecule has 6 aromatic rings. The van der Waals surface area contributed by atoms with E-state index in [9.17, 15) is 24.6 Å². The molecule has 0 aliphatic carbocycles. The van der Waals surface area contributed by atoms with Gasteiger partial charge >= 0.3 is 0 Å². The molecule has 0 spiro atoms. The van der Waals surface area contributed by atoms with Crippen LogP contribution in [0.2, 0.25) is 0 Å². The summed E-state index contributed by atoms with van der Waals surface area (Å²) in [5, 5.41) is 29.3. The summed E-state index contributed by atoms with van der Waals surface area (Å²) in [6, 6.07) is 23.4. The first-order valence-corrected chi connectivity index (χ1v) is 14.0. The van der Waals surface area contributed by atoms with E-state index < -0.39 is 15.7 Å². The number of para-hydroxylation sites is 4. The molecule has 2 aromatic heterocycles. The number of non-ortho nitro benzene ring substituents is 2. The number of rotatable bonds is 8. The zero-order chi connectivity index (χ0) is 32.3. The molecule has 0 radical (unpaired) electrons. The van der Waals surface area contributed by atoms with Gasteiger partial charge in [-0.15, -0.1) is 0 Å². The lowest BCUT2D eigenvalue weighted by atomic mass is 10.1. The van der Waals surface area contributed by atoms with Crippen LogP contribution in [0.1, 0.15) is 25.0 Å². The van der Waals surface area contributed by atoms with Crippen LogP contribution in [0.3, 0.4) is 0 Å². The monoisotopic (exact) mass is 614 g/mol. The minimum Gasteiger partial charge on any atom is -0.494 e. The Hall–Kier alpha value is -5.69. The number of halogens is 1. The van der Waals surface area contributed by atoms with Gasteiger partial charge in [0.1, 0.15) is 11.6 Å². The summed E-state index contributed by atoms with van der Waals surface area (Å²) in [7, 11) is 0. The first kappa shape index (κ1) is 32.2. The topological polar surface area (TPSA) is 151 Å². The normalized spacial score (nSPS) is 10.5. The fourth-order valence-corrected chi connectivity index (χ4v) is 4.53. The van der Waals surface area contributed by atoms with E-state index in [4.69, 9.17) is 9.84 Å². The minimum absolute atomic E-state index is 0.0582. The van der Waals surface area contributed by atoms with Crippen molar-refractivity contribution in [3.05, 3.63) is 135 Å². The molecular formula is C32H31FN6O6. The van der Waals surface area contributed by atoms with E-state index in [1.165, 1.54) is 12.1 Å². The van der Waals surface area contributed by atoms with Crippen molar-refractivity contribution in [2.24, 2.45) is 0 Å². The second-order valence-electron chi connectivity index (χ2n) is 9.55. The van der Waals surface area contributed by atoms with Gasteiger partial charge < -0.3 is 19.0 Å². The number of nitrogens with zero attached hydrogens (tertiary/aromatic N) is 6. The SMILES string of the molecule is CCO.CCOc1ccc([N+](=O)[O-])cc1Cn1cnc2ccccc21.O=[N+]([O-])c1ccc(F)c(Cn2cnc3ccccc32)c1. The summed E-state index contributed by atoms with van der Waals surface area (Å²) >= 11 is 0. The highest BCUT2D eigenvalue weighted by molar-refractivity contribution is 5.75. The highest BCUT2D eigenvalue weighted by Crippen LogP contribution is 2.26. The van der Waals surface area contributed by atoms with E-state index in [-0.39, 0.29) is 30.1 Å². The third kappa shape index (κ3) is 8.03. The van der Waals surface area contributed by atoms with Gasteiger partial charge in [0, 0.05) is 42.0 Å². The number of hydrogen-bond donors (Lipinski definition) is 1. The molecule has 0 aliphatic heterocycles. The summed E-state index contributed by atoms with van der Waals surface area (Å²) < 4.78 is 23.1. The molecule has 0 bridgehead atoms. The molecule has 12 nitrogen and oxygen atoms in total. The molecule has 1 N–H and O–H groups in total. The molecule has 6 rings (SSSR count). The second kappa shape index (κ2) is 15.2. The summed E-state index contributed by atoms with van der Waals surface area (Å²) in [6.45, 7) is 5.00. The molecule has 232 valence electrons. The molecule has 0 unspecified atom stereocenters. The summed E-state index contributed by atoms with van der Waals surface area (Å²) in [5.74, 6) is 0.194. The van der Waals surface area contributed by atoms with Crippen molar-refractivity contribution in [1.29, 1.82) is 0 Å². The van der Waals surface area contributed by atoms with Crippen LogP contribution in [-0.2, 0) is 13.1 Å². The molecule has 13 heteroatoms. The lowest BCUT2D eigenvalue weighted by Gasteiger charge is -2.11. The van der Waals surface area contributed by atoms with Gasteiger partial charge in [-0.05, 0) is 50.2 Å². The lowest BCUT2D eigenvalue weighted by molar-refractivity contribution is -0.385. The van der Waals surface area contributed by atoms with E-state index in [1.54, 1.807) is 36.3 Å². The Bertz CT molecular complexity index is 1920. The quantitative estimate of drug-likeness (QED) is 0.150. The van der Waals surface area contributed by atoms with Crippen LogP contribution >= 0.6 is 0 Å². The Kier molecular flexibility index (Phi) is 10.9. The fourth-order valence-electron chi connectivity index (χ4n) is 4.53. The zero-order valence-electron chi connectivity index (χ0n) is 24.6. The summed E-state index contributed by atoms with van der Waals surface area (Å²) in [4.78, 5) is 29.3. The molecule has 0 saturated carbocycles. The predicted octanol–water partition coefficient (Wildman–Crippen LogP) is 6.52. The number of hydrogen-bond acceptors (Lipinski definition) is 8. The van der Waals surface area contributed by atoms with Crippen molar-refractivity contribution < 1.29 is 24.1 Å². The molecular weight excluding hydrogens is 583 g/mol. The van der Waals surface area contributed by atoms with Crippen LogP contribution < -0.4 is 4.74 Å². The van der Waals surface area contributed by atoms with Crippen LogP contribution in [0.5, 0.6) is 5.75 Å². The number of imidazole rings is 2. The maximum atomic E-state index is 13.8. The van der Waals surface area contributed by atoms with Crippen LogP contribution in [0.15, 0.2) is 97.6 Å². The Labute approximate surface area is 257 Å². The minimum atomic E-state index is -0.533. The maximum absolute atomic E-state index is 13.8. The highest BCUT2D eigenvalue weighted by atomic mass is 19.1. The number of aliphatic hydroxyl groups excluding tert-OH is 1. The Morgan fingerprint density at radius 3 is 1.73 bits per heavy atom. The smallest absolute Gasteiger partial charge is 0.270 e. The van der Waals surface area contributed by atoms with Gasteiger partial charge in [-0.3, -0.25) is 20.2 Å². The van der Waals surface area contributed by atoms with Gasteiger partial charge in [0.2, 0.25) is 0 Å². The number of nitro benzene ring substituents is 2. The molecule has 2 heterocycles. The van der Waals surface area contributed by atoms with Crippen molar-refractivity contribution in [2.45, 2.75) is 26.9 Å². The number of nitro groups is 2. The van der Waals surface area contributed by atoms with Gasteiger partial charge in [-0.1, -0.05) is 24.3 Å². The van der Waals surface area contributed by atoms with Gasteiger partial charge in [0.15, 0.2) is 0 Å². The number of aliphatic hydroxyl groups is 1. The number of fused-ring (bicyclic) bond motifs is 2. The van der Waals surface area contributed by atoms with Crippen LogP contribution in [0.25, 0.3) is 22.1 Å². The molecule has 4 aromatic carbocycles. The molecule has 0 aliphatic rings. The van der Waals surface area contributed by atoms with Crippen LogP contribution in [0.4, 0.5) is 15.8 Å². The molecule has 0 amide bonds. The van der Waals surface area contributed by atoms with Crippen molar-refractivity contribution in [3.63, 3.8) is 0 Å². The van der Waals surface area contributed by atoms with Gasteiger partial charge in [0.05, 0.1) is 64.3 Å². The van der Waals surface area contributed by atoms with Crippen molar-refractivity contribution >= 4 is 33.4 Å². The third-order valence-corrected chi connectivity index (χ3v) is 6.53. The first-order valence-electron chi connectivity index (χ1n) is 14.0. The number of benzene rings is 4. The third-order valence-electron chi connectivity index (χ3n) is 6.53. The molecule has 0 atom stereocenters. The molecule has 0 fully saturated rings. The summed E-state index contributed by atoms with van der Waals surface area (Å²) in [6.07, 6.45) is 3.34. The van der Waals surface area contributed by atoms with Crippen molar-refractivity contribution in [3.8, 4) is 5.75 Å². The highest BCUT2D eigenvalue weighted by Gasteiger charge is 2.14.